The molecule has 2 aromatic rings. The lowest BCUT2D eigenvalue weighted by Gasteiger charge is -2.10. The van der Waals surface area contributed by atoms with E-state index in [1.54, 1.807) is 6.07 Å². The minimum absolute atomic E-state index is 0.231. The van der Waals surface area contributed by atoms with Gasteiger partial charge in [0.15, 0.2) is 6.10 Å². The molecule has 1 atom stereocenters. The molecule has 0 unspecified atom stereocenters. The van der Waals surface area contributed by atoms with Crippen molar-refractivity contribution in [3.05, 3.63) is 35.0 Å². The molecule has 0 spiro atoms. The second-order valence-electron chi connectivity index (χ2n) is 4.19. The number of thiophene rings is 1. The number of ether oxygens (including phenoxy) is 1. The quantitative estimate of drug-likeness (QED) is 0.844. The van der Waals surface area contributed by atoms with E-state index in [1.807, 2.05) is 5.32 Å². The molecular weight excluding hydrogens is 299 g/mol. The largest absolute Gasteiger partial charge is 0.448 e. The molecule has 1 aromatic carbocycles. The van der Waals surface area contributed by atoms with Crippen LogP contribution in [0, 0.1) is 5.82 Å². The van der Waals surface area contributed by atoms with Crippen LogP contribution in [0.3, 0.4) is 0 Å². The van der Waals surface area contributed by atoms with Crippen molar-refractivity contribution in [1.29, 1.82) is 0 Å². The van der Waals surface area contributed by atoms with Gasteiger partial charge in [0.25, 0.3) is 5.91 Å². The van der Waals surface area contributed by atoms with Gasteiger partial charge in [-0.2, -0.15) is 0 Å². The van der Waals surface area contributed by atoms with Crippen LogP contribution >= 0.6 is 11.3 Å². The topological polar surface area (TPSA) is 98.5 Å². The van der Waals surface area contributed by atoms with Crippen molar-refractivity contribution in [2.45, 2.75) is 13.0 Å². The maximum atomic E-state index is 13.1. The number of hydrogen-bond donors (Lipinski definition) is 2. The van der Waals surface area contributed by atoms with E-state index in [-0.39, 0.29) is 4.88 Å². The second-order valence-corrected chi connectivity index (χ2v) is 5.28. The van der Waals surface area contributed by atoms with Crippen LogP contribution < -0.4 is 11.1 Å². The number of carbonyl (C=O) groups is 3. The number of urea groups is 1. The number of carbonyl (C=O) groups excluding carboxylic acids is 3. The van der Waals surface area contributed by atoms with Gasteiger partial charge in [0.05, 0.1) is 0 Å². The molecule has 1 heterocycles. The predicted molar refractivity (Wildman–Crippen MR) is 74.4 cm³/mol. The first kappa shape index (κ1) is 14.9. The number of esters is 1. The van der Waals surface area contributed by atoms with E-state index in [0.29, 0.717) is 5.39 Å². The standard InChI is InChI=1S/C13H11FN2O4S/c1-6(11(17)16-13(15)19)20-12(18)10-5-7-4-8(14)2-3-9(7)21-10/h2-6H,1H3,(H3,15,16,17,19)/t6-/m1/s1. The first-order valence-corrected chi connectivity index (χ1v) is 6.69. The van der Waals surface area contributed by atoms with Gasteiger partial charge in [-0.1, -0.05) is 0 Å². The molecule has 3 N–H and O–H groups in total. The molecule has 21 heavy (non-hydrogen) atoms. The van der Waals surface area contributed by atoms with Gasteiger partial charge < -0.3 is 10.5 Å². The summed E-state index contributed by atoms with van der Waals surface area (Å²) in [5, 5.41) is 2.38. The number of nitrogens with two attached hydrogens (primary N) is 1. The summed E-state index contributed by atoms with van der Waals surface area (Å²) in [6, 6.07) is 4.59. The van der Waals surface area contributed by atoms with Crippen LogP contribution in [0.1, 0.15) is 16.6 Å². The Labute approximate surface area is 122 Å². The molecule has 0 bridgehead atoms. The predicted octanol–water partition coefficient (Wildman–Crippen LogP) is 1.78. The Bertz CT molecular complexity index is 728. The third-order valence-corrected chi connectivity index (χ3v) is 3.68. The van der Waals surface area contributed by atoms with Crippen molar-refractivity contribution in [2.75, 3.05) is 0 Å². The summed E-state index contributed by atoms with van der Waals surface area (Å²) in [7, 11) is 0. The first-order valence-electron chi connectivity index (χ1n) is 5.87. The van der Waals surface area contributed by atoms with Crippen LogP contribution in [-0.4, -0.2) is 24.0 Å². The minimum Gasteiger partial charge on any atom is -0.448 e. The summed E-state index contributed by atoms with van der Waals surface area (Å²) in [4.78, 5) is 34.1. The molecule has 6 nitrogen and oxygen atoms in total. The van der Waals surface area contributed by atoms with Gasteiger partial charge in [-0.15, -0.1) is 11.3 Å². The highest BCUT2D eigenvalue weighted by Gasteiger charge is 2.21. The Kier molecular flexibility index (Phi) is 4.18. The van der Waals surface area contributed by atoms with E-state index in [4.69, 9.17) is 10.5 Å². The lowest BCUT2D eigenvalue weighted by Crippen LogP contribution is -2.42. The first-order chi connectivity index (χ1) is 9.86. The van der Waals surface area contributed by atoms with E-state index in [2.05, 4.69) is 0 Å². The van der Waals surface area contributed by atoms with E-state index in [9.17, 15) is 18.8 Å². The van der Waals surface area contributed by atoms with Crippen LogP contribution in [0.2, 0.25) is 0 Å². The molecule has 0 saturated heterocycles. The summed E-state index contributed by atoms with van der Waals surface area (Å²) >= 11 is 1.12. The Balaban J connectivity index is 2.11. The zero-order valence-corrected chi connectivity index (χ0v) is 11.7. The van der Waals surface area contributed by atoms with Crippen LogP contribution in [0.5, 0.6) is 0 Å². The van der Waals surface area contributed by atoms with Crippen molar-refractivity contribution in [3.8, 4) is 0 Å². The molecule has 0 aliphatic carbocycles. The van der Waals surface area contributed by atoms with Gasteiger partial charge in [0.1, 0.15) is 10.7 Å². The normalized spacial score (nSPS) is 11.9. The number of hydrogen-bond acceptors (Lipinski definition) is 5. The lowest BCUT2D eigenvalue weighted by molar-refractivity contribution is -0.127. The van der Waals surface area contributed by atoms with Crippen molar-refractivity contribution < 1.29 is 23.5 Å². The molecule has 0 saturated carbocycles. The average molecular weight is 310 g/mol. The highest BCUT2D eigenvalue weighted by Crippen LogP contribution is 2.27. The Morgan fingerprint density at radius 3 is 2.71 bits per heavy atom. The summed E-state index contributed by atoms with van der Waals surface area (Å²) < 4.78 is 18.7. The highest BCUT2D eigenvalue weighted by atomic mass is 32.1. The van der Waals surface area contributed by atoms with Gasteiger partial charge in [-0.25, -0.2) is 14.0 Å². The number of fused-ring (bicyclic) bond motifs is 1. The van der Waals surface area contributed by atoms with Crippen LogP contribution in [0.15, 0.2) is 24.3 Å². The van der Waals surface area contributed by atoms with E-state index in [0.717, 1.165) is 16.0 Å². The summed E-state index contributed by atoms with van der Waals surface area (Å²) in [6.07, 6.45) is -1.17. The fourth-order valence-corrected chi connectivity index (χ4v) is 2.54. The van der Waals surface area contributed by atoms with Crippen molar-refractivity contribution in [2.24, 2.45) is 5.73 Å². The molecule has 0 radical (unpaired) electrons. The zero-order chi connectivity index (χ0) is 15.6. The maximum Gasteiger partial charge on any atom is 0.349 e. The highest BCUT2D eigenvalue weighted by molar-refractivity contribution is 7.20. The maximum absolute atomic E-state index is 13.1. The summed E-state index contributed by atoms with van der Waals surface area (Å²) in [6.45, 7) is 1.31. The van der Waals surface area contributed by atoms with Gasteiger partial charge in [0.2, 0.25) is 0 Å². The molecular formula is C13H11FN2O4S. The van der Waals surface area contributed by atoms with Crippen molar-refractivity contribution >= 4 is 39.3 Å². The number of benzene rings is 1. The molecule has 1 aromatic heterocycles. The van der Waals surface area contributed by atoms with Gasteiger partial charge >= 0.3 is 12.0 Å². The molecule has 0 aliphatic heterocycles. The number of halogens is 1. The second kappa shape index (κ2) is 5.88. The summed E-state index contributed by atoms with van der Waals surface area (Å²) in [5.41, 5.74) is 4.79. The molecule has 0 aliphatic rings. The Hall–Kier alpha value is -2.48. The Morgan fingerprint density at radius 1 is 1.33 bits per heavy atom. The van der Waals surface area contributed by atoms with Crippen LogP contribution in [0.25, 0.3) is 10.1 Å². The number of primary amides is 1. The van der Waals surface area contributed by atoms with Crippen molar-refractivity contribution in [3.63, 3.8) is 0 Å². The monoisotopic (exact) mass is 310 g/mol. The molecule has 8 heteroatoms. The number of rotatable bonds is 3. The van der Waals surface area contributed by atoms with Gasteiger partial charge in [-0.05, 0) is 36.6 Å². The van der Waals surface area contributed by atoms with Crippen LogP contribution in [-0.2, 0) is 9.53 Å². The van der Waals surface area contributed by atoms with Gasteiger partial charge in [0, 0.05) is 4.70 Å². The van der Waals surface area contributed by atoms with Crippen LogP contribution in [0.4, 0.5) is 9.18 Å². The number of amides is 3. The number of nitrogens with one attached hydrogen (secondary N) is 1. The fourth-order valence-electron chi connectivity index (χ4n) is 1.61. The molecule has 3 amide bonds. The average Bonchev–Trinajstić information content (AvgIpc) is 2.80. The van der Waals surface area contributed by atoms with E-state index >= 15 is 0 Å². The van der Waals surface area contributed by atoms with E-state index < -0.39 is 29.8 Å². The number of imide groups is 1. The van der Waals surface area contributed by atoms with E-state index in [1.165, 1.54) is 25.1 Å². The fraction of sp³-hybridized carbons (Fsp3) is 0.154. The molecule has 2 rings (SSSR count). The van der Waals surface area contributed by atoms with Gasteiger partial charge in [-0.3, -0.25) is 10.1 Å². The third-order valence-electron chi connectivity index (χ3n) is 2.58. The SMILES string of the molecule is C[C@@H](OC(=O)c1cc2cc(F)ccc2s1)C(=O)NC(N)=O. The lowest BCUT2D eigenvalue weighted by atomic mass is 10.2. The smallest absolute Gasteiger partial charge is 0.349 e. The minimum atomic E-state index is -1.17. The third kappa shape index (κ3) is 3.54. The van der Waals surface area contributed by atoms with Crippen molar-refractivity contribution in [1.82, 2.24) is 5.32 Å². The summed E-state index contributed by atoms with van der Waals surface area (Å²) in [5.74, 6) is -1.96. The molecule has 0 fully saturated rings. The Morgan fingerprint density at radius 2 is 2.05 bits per heavy atom. The molecule has 110 valence electrons. The zero-order valence-electron chi connectivity index (χ0n) is 10.9.